The van der Waals surface area contributed by atoms with Gasteiger partial charge in [-0.1, -0.05) is 53.4 Å². The van der Waals surface area contributed by atoms with Crippen molar-refractivity contribution in [2.45, 2.75) is 10.9 Å². The van der Waals surface area contributed by atoms with Crippen molar-refractivity contribution < 1.29 is 19.1 Å². The summed E-state index contributed by atoms with van der Waals surface area (Å²) in [6.07, 6.45) is 0. The van der Waals surface area contributed by atoms with Crippen molar-refractivity contribution in [1.29, 1.82) is 0 Å². The van der Waals surface area contributed by atoms with Gasteiger partial charge in [-0.15, -0.1) is 0 Å². The number of Topliss-reactive ketones (excluding diaryl/α,β-unsaturated/α-hetero) is 2. The summed E-state index contributed by atoms with van der Waals surface area (Å²) in [5.41, 5.74) is 1.93. The second kappa shape index (κ2) is 7.00. The SMILES string of the molecule is COc1ccc([C@@H]2C3=C(Sc4[nH]c(=O)sc42)C(=O)c2ccccc2C3=O)cc1OC. The van der Waals surface area contributed by atoms with E-state index in [9.17, 15) is 14.4 Å². The molecule has 0 saturated heterocycles. The van der Waals surface area contributed by atoms with E-state index in [1.54, 1.807) is 43.5 Å². The summed E-state index contributed by atoms with van der Waals surface area (Å²) < 4.78 is 10.8. The van der Waals surface area contributed by atoms with Crippen molar-refractivity contribution in [2.24, 2.45) is 0 Å². The normalized spacial score (nSPS) is 17.3. The van der Waals surface area contributed by atoms with E-state index < -0.39 is 5.92 Å². The first-order valence-corrected chi connectivity index (χ1v) is 10.7. The predicted octanol–water partition coefficient (Wildman–Crippen LogP) is 4.02. The van der Waals surface area contributed by atoms with Crippen LogP contribution in [-0.4, -0.2) is 30.8 Å². The molecule has 2 aliphatic rings. The fraction of sp³-hybridized carbons (Fsp3) is 0.136. The molecule has 0 amide bonds. The zero-order valence-corrected chi connectivity index (χ0v) is 17.6. The summed E-state index contributed by atoms with van der Waals surface area (Å²) >= 11 is 2.22. The van der Waals surface area contributed by atoms with Gasteiger partial charge >= 0.3 is 4.87 Å². The van der Waals surface area contributed by atoms with Gasteiger partial charge in [-0.05, 0) is 17.7 Å². The molecule has 0 radical (unpaired) electrons. The topological polar surface area (TPSA) is 85.5 Å². The molecule has 0 unspecified atom stereocenters. The molecule has 0 bridgehead atoms. The summed E-state index contributed by atoms with van der Waals surface area (Å²) in [4.78, 5) is 42.6. The largest absolute Gasteiger partial charge is 0.493 e. The number of ether oxygens (including phenoxy) is 2. The second-order valence-corrected chi connectivity index (χ2v) is 8.84. The zero-order valence-electron chi connectivity index (χ0n) is 16.0. The Bertz CT molecular complexity index is 1320. The van der Waals surface area contributed by atoms with Crippen molar-refractivity contribution in [3.8, 4) is 11.5 Å². The summed E-state index contributed by atoms with van der Waals surface area (Å²) in [5, 5.41) is 0.601. The van der Waals surface area contributed by atoms with Crippen LogP contribution in [0.2, 0.25) is 0 Å². The van der Waals surface area contributed by atoms with E-state index in [-0.39, 0.29) is 16.4 Å². The minimum atomic E-state index is -0.551. The van der Waals surface area contributed by atoms with Crippen LogP contribution >= 0.6 is 23.1 Å². The van der Waals surface area contributed by atoms with Crippen LogP contribution in [0.4, 0.5) is 0 Å². The molecule has 1 aromatic heterocycles. The molecule has 1 atom stereocenters. The number of rotatable bonds is 3. The van der Waals surface area contributed by atoms with Crippen molar-refractivity contribution in [3.63, 3.8) is 0 Å². The molecule has 150 valence electrons. The molecule has 30 heavy (non-hydrogen) atoms. The molecule has 2 heterocycles. The lowest BCUT2D eigenvalue weighted by atomic mass is 9.79. The van der Waals surface area contributed by atoms with Crippen molar-refractivity contribution in [2.75, 3.05) is 14.2 Å². The van der Waals surface area contributed by atoms with Crippen LogP contribution in [-0.2, 0) is 0 Å². The molecule has 1 N–H and O–H groups in total. The van der Waals surface area contributed by atoms with Crippen molar-refractivity contribution in [3.05, 3.63) is 84.2 Å². The molecular weight excluding hydrogens is 422 g/mol. The van der Waals surface area contributed by atoms with E-state index in [2.05, 4.69) is 4.98 Å². The number of aromatic nitrogens is 1. The average molecular weight is 437 g/mol. The minimum absolute atomic E-state index is 0.195. The molecule has 3 aromatic rings. The number of carbonyl (C=O) groups is 2. The minimum Gasteiger partial charge on any atom is -0.493 e. The van der Waals surface area contributed by atoms with Gasteiger partial charge in [0.15, 0.2) is 17.3 Å². The van der Waals surface area contributed by atoms with Gasteiger partial charge in [0.25, 0.3) is 0 Å². The van der Waals surface area contributed by atoms with Gasteiger partial charge < -0.3 is 14.5 Å². The molecule has 5 rings (SSSR count). The zero-order chi connectivity index (χ0) is 21.0. The van der Waals surface area contributed by atoms with Crippen LogP contribution in [0.15, 0.2) is 62.8 Å². The van der Waals surface area contributed by atoms with E-state index in [4.69, 9.17) is 9.47 Å². The molecule has 2 aromatic carbocycles. The first-order valence-electron chi connectivity index (χ1n) is 9.09. The standard InChI is InChI=1S/C22H15NO5S2/c1-27-13-8-7-10(9-14(13)28-2)15-16-17(24)11-5-3-4-6-12(11)18(25)19(16)29-21-20(15)30-22(26)23-21/h3-9,15H,1-2H3,(H,23,26)/t15-/m1/s1. The molecule has 0 saturated carbocycles. The molecule has 0 fully saturated rings. The number of thioether (sulfide) groups is 1. The Kier molecular flexibility index (Phi) is 4.41. The maximum atomic E-state index is 13.5. The first-order chi connectivity index (χ1) is 14.5. The number of hydrogen-bond donors (Lipinski definition) is 1. The number of aromatic amines is 1. The Hall–Kier alpha value is -3.10. The first kappa shape index (κ1) is 18.9. The maximum Gasteiger partial charge on any atom is 0.305 e. The number of thiazole rings is 1. The monoisotopic (exact) mass is 437 g/mol. The molecule has 8 heteroatoms. The van der Waals surface area contributed by atoms with E-state index >= 15 is 0 Å². The van der Waals surface area contributed by atoms with Gasteiger partial charge in [0.2, 0.25) is 5.78 Å². The highest BCUT2D eigenvalue weighted by Crippen LogP contribution is 2.52. The lowest BCUT2D eigenvalue weighted by molar-refractivity contribution is 0.0977. The van der Waals surface area contributed by atoms with Crippen LogP contribution < -0.4 is 14.3 Å². The number of H-pyrrole nitrogens is 1. The fourth-order valence-corrected chi connectivity index (χ4v) is 6.18. The quantitative estimate of drug-likeness (QED) is 0.666. The van der Waals surface area contributed by atoms with Crippen LogP contribution in [0.5, 0.6) is 11.5 Å². The number of hydrogen-bond acceptors (Lipinski definition) is 7. The van der Waals surface area contributed by atoms with E-state index in [0.29, 0.717) is 38.1 Å². The highest BCUT2D eigenvalue weighted by atomic mass is 32.2. The Morgan fingerprint density at radius 2 is 1.60 bits per heavy atom. The number of fused-ring (bicyclic) bond motifs is 2. The summed E-state index contributed by atoms with van der Waals surface area (Å²) in [6.45, 7) is 0. The highest BCUT2D eigenvalue weighted by molar-refractivity contribution is 8.04. The molecule has 1 aliphatic carbocycles. The Balaban J connectivity index is 1.77. The summed E-state index contributed by atoms with van der Waals surface area (Å²) in [5.74, 6) is 0.117. The van der Waals surface area contributed by atoms with Crippen LogP contribution in [0.1, 0.15) is 37.1 Å². The van der Waals surface area contributed by atoms with E-state index in [1.807, 2.05) is 6.07 Å². The molecule has 0 spiro atoms. The van der Waals surface area contributed by atoms with Crippen molar-refractivity contribution >= 4 is 34.7 Å². The lowest BCUT2D eigenvalue weighted by Crippen LogP contribution is -2.27. The fourth-order valence-electron chi connectivity index (χ4n) is 3.91. The van der Waals surface area contributed by atoms with E-state index in [0.717, 1.165) is 33.5 Å². The van der Waals surface area contributed by atoms with Crippen LogP contribution in [0.25, 0.3) is 0 Å². The number of benzene rings is 2. The predicted molar refractivity (Wildman–Crippen MR) is 114 cm³/mol. The van der Waals surface area contributed by atoms with Gasteiger partial charge in [0, 0.05) is 16.7 Å². The third-order valence-electron chi connectivity index (χ3n) is 5.25. The number of ketones is 2. The molecule has 1 aliphatic heterocycles. The van der Waals surface area contributed by atoms with Crippen molar-refractivity contribution in [1.82, 2.24) is 4.98 Å². The van der Waals surface area contributed by atoms with Gasteiger partial charge in [-0.3, -0.25) is 14.4 Å². The number of methoxy groups -OCH3 is 2. The number of carbonyl (C=O) groups excluding carboxylic acids is 2. The number of allylic oxidation sites excluding steroid dienone is 2. The molecule has 6 nitrogen and oxygen atoms in total. The Morgan fingerprint density at radius 3 is 2.30 bits per heavy atom. The van der Waals surface area contributed by atoms with Crippen LogP contribution in [0.3, 0.4) is 0 Å². The Morgan fingerprint density at radius 1 is 0.900 bits per heavy atom. The summed E-state index contributed by atoms with van der Waals surface area (Å²) in [7, 11) is 3.08. The highest BCUT2D eigenvalue weighted by Gasteiger charge is 2.43. The lowest BCUT2D eigenvalue weighted by Gasteiger charge is -2.30. The smallest absolute Gasteiger partial charge is 0.305 e. The van der Waals surface area contributed by atoms with Crippen LogP contribution in [0, 0.1) is 0 Å². The molecular formula is C22H15NO5S2. The van der Waals surface area contributed by atoms with E-state index in [1.165, 1.54) is 7.11 Å². The van der Waals surface area contributed by atoms with Gasteiger partial charge in [-0.25, -0.2) is 0 Å². The summed E-state index contributed by atoms with van der Waals surface area (Å²) in [6, 6.07) is 12.2. The van der Waals surface area contributed by atoms with Gasteiger partial charge in [-0.2, -0.15) is 0 Å². The van der Waals surface area contributed by atoms with Gasteiger partial charge in [0.1, 0.15) is 0 Å². The second-order valence-electron chi connectivity index (χ2n) is 6.80. The number of nitrogens with one attached hydrogen (secondary N) is 1. The maximum absolute atomic E-state index is 13.5. The average Bonchev–Trinajstić information content (AvgIpc) is 3.15. The Labute approximate surface area is 179 Å². The third kappa shape index (κ3) is 2.68. The van der Waals surface area contributed by atoms with Gasteiger partial charge in [0.05, 0.1) is 34.9 Å². The third-order valence-corrected chi connectivity index (χ3v) is 7.46.